The SMILES string of the molecule is COc1ccc2cc(C)ccc2c1-c1c(N(NC(=O)OCc2ccccc2)C(=O)OCc2ccccc2)[nH]c2ccccc12. The Hall–Kier alpha value is -5.76. The summed E-state index contributed by atoms with van der Waals surface area (Å²) in [6, 6.07) is 36.4. The van der Waals surface area contributed by atoms with Crippen LogP contribution in [0.5, 0.6) is 5.75 Å². The first-order valence-electron chi connectivity index (χ1n) is 14.2. The molecule has 2 amide bonds. The molecule has 0 aliphatic heterocycles. The summed E-state index contributed by atoms with van der Waals surface area (Å²) in [5.41, 5.74) is 7.53. The summed E-state index contributed by atoms with van der Waals surface area (Å²) in [7, 11) is 1.61. The normalized spacial score (nSPS) is 10.9. The predicted octanol–water partition coefficient (Wildman–Crippen LogP) is 8.29. The van der Waals surface area contributed by atoms with E-state index < -0.39 is 12.2 Å². The van der Waals surface area contributed by atoms with Crippen molar-refractivity contribution < 1.29 is 23.8 Å². The Kier molecular flexibility index (Phi) is 8.14. The van der Waals surface area contributed by atoms with E-state index >= 15 is 0 Å². The molecule has 0 aliphatic carbocycles. The van der Waals surface area contributed by atoms with E-state index in [-0.39, 0.29) is 13.2 Å². The molecule has 0 bridgehead atoms. The van der Waals surface area contributed by atoms with Gasteiger partial charge in [-0.25, -0.2) is 15.0 Å². The van der Waals surface area contributed by atoms with Crippen LogP contribution in [0.15, 0.2) is 115 Å². The highest BCUT2D eigenvalue weighted by molar-refractivity contribution is 6.13. The number of carbonyl (C=O) groups is 2. The van der Waals surface area contributed by atoms with Crippen LogP contribution in [0, 0.1) is 6.92 Å². The highest BCUT2D eigenvalue weighted by Gasteiger charge is 2.29. The summed E-state index contributed by atoms with van der Waals surface area (Å²) in [5, 5.41) is 3.82. The van der Waals surface area contributed by atoms with E-state index in [9.17, 15) is 9.59 Å². The summed E-state index contributed by atoms with van der Waals surface area (Å²) in [5.74, 6) is 0.906. The van der Waals surface area contributed by atoms with Gasteiger partial charge in [-0.3, -0.25) is 0 Å². The number of hydrogen-bond acceptors (Lipinski definition) is 5. The number of hydrogen-bond donors (Lipinski definition) is 2. The number of amides is 2. The van der Waals surface area contributed by atoms with Crippen LogP contribution < -0.4 is 15.2 Å². The van der Waals surface area contributed by atoms with Gasteiger partial charge in [0.1, 0.15) is 24.8 Å². The maximum absolute atomic E-state index is 13.8. The first kappa shape index (κ1) is 28.4. The van der Waals surface area contributed by atoms with Gasteiger partial charge in [0, 0.05) is 22.0 Å². The monoisotopic (exact) mass is 585 g/mol. The van der Waals surface area contributed by atoms with Crippen LogP contribution in [-0.2, 0) is 22.7 Å². The number of nitrogens with one attached hydrogen (secondary N) is 2. The van der Waals surface area contributed by atoms with Gasteiger partial charge in [-0.1, -0.05) is 109 Å². The molecule has 220 valence electrons. The molecule has 8 nitrogen and oxygen atoms in total. The third kappa shape index (κ3) is 5.91. The van der Waals surface area contributed by atoms with Gasteiger partial charge in [0.25, 0.3) is 0 Å². The van der Waals surface area contributed by atoms with Crippen molar-refractivity contribution in [2.24, 2.45) is 0 Å². The average Bonchev–Trinajstić information content (AvgIpc) is 3.44. The lowest BCUT2D eigenvalue weighted by atomic mass is 9.95. The number of hydrazine groups is 1. The first-order chi connectivity index (χ1) is 21.5. The van der Waals surface area contributed by atoms with E-state index in [1.165, 1.54) is 0 Å². The number of aromatic amines is 1. The molecule has 6 rings (SSSR count). The minimum atomic E-state index is -0.823. The molecular formula is C36H31N3O5. The quantitative estimate of drug-likeness (QED) is 0.184. The van der Waals surface area contributed by atoms with E-state index in [4.69, 9.17) is 14.2 Å². The summed E-state index contributed by atoms with van der Waals surface area (Å²) >= 11 is 0. The predicted molar refractivity (Wildman–Crippen MR) is 171 cm³/mol. The molecule has 5 aromatic carbocycles. The van der Waals surface area contributed by atoms with E-state index in [0.29, 0.717) is 17.1 Å². The van der Waals surface area contributed by atoms with E-state index in [1.807, 2.05) is 116 Å². The van der Waals surface area contributed by atoms with Crippen molar-refractivity contribution in [3.63, 3.8) is 0 Å². The van der Waals surface area contributed by atoms with E-state index in [1.54, 1.807) is 7.11 Å². The molecule has 0 radical (unpaired) electrons. The molecule has 1 aromatic heterocycles. The molecule has 44 heavy (non-hydrogen) atoms. The maximum atomic E-state index is 13.8. The van der Waals surface area contributed by atoms with E-state index in [0.717, 1.165) is 48.9 Å². The molecular weight excluding hydrogens is 554 g/mol. The zero-order valence-corrected chi connectivity index (χ0v) is 24.4. The Balaban J connectivity index is 1.46. The lowest BCUT2D eigenvalue weighted by Crippen LogP contribution is -2.47. The van der Waals surface area contributed by atoms with Gasteiger partial charge < -0.3 is 19.2 Å². The van der Waals surface area contributed by atoms with Gasteiger partial charge in [-0.2, -0.15) is 5.01 Å². The third-order valence-corrected chi connectivity index (χ3v) is 7.32. The van der Waals surface area contributed by atoms with Gasteiger partial charge in [0.15, 0.2) is 0 Å². The van der Waals surface area contributed by atoms with Crippen molar-refractivity contribution in [1.29, 1.82) is 0 Å². The number of ether oxygens (including phenoxy) is 3. The summed E-state index contributed by atoms with van der Waals surface area (Å²) < 4.78 is 17.1. The van der Waals surface area contributed by atoms with Gasteiger partial charge >= 0.3 is 12.2 Å². The van der Waals surface area contributed by atoms with Gasteiger partial charge in [-0.15, -0.1) is 0 Å². The molecule has 8 heteroatoms. The van der Waals surface area contributed by atoms with Crippen molar-refractivity contribution in [2.45, 2.75) is 20.1 Å². The first-order valence-corrected chi connectivity index (χ1v) is 14.2. The third-order valence-electron chi connectivity index (χ3n) is 7.32. The van der Waals surface area contributed by atoms with Crippen LogP contribution in [0.3, 0.4) is 0 Å². The standard InChI is InChI=1S/C36H31N3O5/c1-24-17-19-28-27(21-24)18-20-31(42-2)32(28)33-29-15-9-10-16-30(29)37-34(33)39(36(41)44-23-26-13-7-4-8-14-26)38-35(40)43-22-25-11-5-3-6-12-25/h3-21,37H,22-23H2,1-2H3,(H,38,40). The molecule has 0 saturated heterocycles. The minimum absolute atomic E-state index is 0.00332. The second-order valence-corrected chi connectivity index (χ2v) is 10.3. The second-order valence-electron chi connectivity index (χ2n) is 10.3. The number of carbonyl (C=O) groups excluding carboxylic acids is 2. The number of benzene rings is 5. The van der Waals surface area contributed by atoms with Crippen LogP contribution in [0.1, 0.15) is 16.7 Å². The largest absolute Gasteiger partial charge is 0.496 e. The summed E-state index contributed by atoms with van der Waals surface area (Å²) in [4.78, 5) is 30.4. The topological polar surface area (TPSA) is 92.9 Å². The van der Waals surface area contributed by atoms with Gasteiger partial charge in [0.05, 0.1) is 7.11 Å². The molecule has 0 saturated carbocycles. The molecule has 0 atom stereocenters. The Bertz CT molecular complexity index is 1940. The summed E-state index contributed by atoms with van der Waals surface area (Å²) in [6.07, 6.45) is -1.62. The lowest BCUT2D eigenvalue weighted by Gasteiger charge is -2.23. The van der Waals surface area contributed by atoms with Crippen LogP contribution >= 0.6 is 0 Å². The number of fused-ring (bicyclic) bond motifs is 2. The molecule has 0 spiro atoms. The van der Waals surface area contributed by atoms with Crippen molar-refractivity contribution in [2.75, 3.05) is 12.1 Å². The fourth-order valence-corrected chi connectivity index (χ4v) is 5.23. The van der Waals surface area contributed by atoms with Crippen molar-refractivity contribution in [1.82, 2.24) is 10.4 Å². The Morgan fingerprint density at radius 3 is 2.09 bits per heavy atom. The Morgan fingerprint density at radius 2 is 1.39 bits per heavy atom. The van der Waals surface area contributed by atoms with Crippen LogP contribution in [-0.4, -0.2) is 24.3 Å². The number of methoxy groups -OCH3 is 1. The number of rotatable bonds is 7. The van der Waals surface area contributed by atoms with Gasteiger partial charge in [-0.05, 0) is 41.0 Å². The Morgan fingerprint density at radius 1 is 0.727 bits per heavy atom. The minimum Gasteiger partial charge on any atom is -0.496 e. The number of aryl methyl sites for hydroxylation is 1. The maximum Gasteiger partial charge on any atom is 0.435 e. The highest BCUT2D eigenvalue weighted by atomic mass is 16.6. The zero-order chi connectivity index (χ0) is 30.5. The van der Waals surface area contributed by atoms with Crippen molar-refractivity contribution in [3.8, 4) is 16.9 Å². The molecule has 1 heterocycles. The summed E-state index contributed by atoms with van der Waals surface area (Å²) in [6.45, 7) is 2.06. The van der Waals surface area contributed by atoms with Crippen LogP contribution in [0.25, 0.3) is 32.8 Å². The fraction of sp³-hybridized carbons (Fsp3) is 0.111. The van der Waals surface area contributed by atoms with Crippen molar-refractivity contribution in [3.05, 3.63) is 132 Å². The van der Waals surface area contributed by atoms with Crippen molar-refractivity contribution >= 4 is 39.7 Å². The number of nitrogens with zero attached hydrogens (tertiary/aromatic N) is 1. The lowest BCUT2D eigenvalue weighted by molar-refractivity contribution is 0.126. The average molecular weight is 586 g/mol. The molecule has 0 unspecified atom stereocenters. The molecule has 0 fully saturated rings. The Labute approximate surface area is 254 Å². The van der Waals surface area contributed by atoms with Gasteiger partial charge in [0.2, 0.25) is 0 Å². The zero-order valence-electron chi connectivity index (χ0n) is 24.4. The number of aromatic nitrogens is 1. The number of para-hydroxylation sites is 1. The molecule has 2 N–H and O–H groups in total. The smallest absolute Gasteiger partial charge is 0.435 e. The number of H-pyrrole nitrogens is 1. The van der Waals surface area contributed by atoms with E-state index in [2.05, 4.69) is 16.5 Å². The fourth-order valence-electron chi connectivity index (χ4n) is 5.23. The van der Waals surface area contributed by atoms with Crippen LogP contribution in [0.4, 0.5) is 15.4 Å². The van der Waals surface area contributed by atoms with Crippen LogP contribution in [0.2, 0.25) is 0 Å². The highest BCUT2D eigenvalue weighted by Crippen LogP contribution is 2.45. The number of anilines is 1. The molecule has 6 aromatic rings. The molecule has 0 aliphatic rings. The second kappa shape index (κ2) is 12.6.